The Bertz CT molecular complexity index is 3620. The van der Waals surface area contributed by atoms with Crippen LogP contribution < -0.4 is 31.4 Å². The highest BCUT2D eigenvalue weighted by Gasteiger charge is 2.12. The van der Waals surface area contributed by atoms with Crippen LogP contribution in [0.25, 0.3) is 57.1 Å². The molecular weight excluding hydrogens is 1310 g/mol. The van der Waals surface area contributed by atoms with Crippen LogP contribution in [0.15, 0.2) is 128 Å². The molecule has 0 saturated heterocycles. The zero-order valence-corrected chi connectivity index (χ0v) is 50.3. The van der Waals surface area contributed by atoms with E-state index in [1.807, 2.05) is 65.2 Å². The summed E-state index contributed by atoms with van der Waals surface area (Å²) in [6.45, 7) is 0.831. The second-order valence-electron chi connectivity index (χ2n) is 15.2. The molecular formula is C54H58Br3F3N8O8S4. The molecule has 5 heterocycles. The fraction of sp³-hybridized carbons (Fsp3) is 0.204. The molecule has 16 nitrogen and oxygen atoms in total. The first-order valence-corrected chi connectivity index (χ1v) is 28.6. The molecule has 0 unspecified atom stereocenters. The van der Waals surface area contributed by atoms with Crippen molar-refractivity contribution in [1.29, 1.82) is 0 Å². The molecule has 0 fully saturated rings. The summed E-state index contributed by atoms with van der Waals surface area (Å²) >= 11 is 11.7. The van der Waals surface area contributed by atoms with E-state index in [1.165, 1.54) is 46.1 Å². The SMILES string of the molecule is Br.C.CCO.COc1ccc2nc(N)sc2c1.FCCBr.Nc1nc2ccc(O)cc2s1.Nc1nc2ccc(OCCF)cc2s1.O=C(CBr)c1cccc(O)c1.Oc1cccc(-c2cn3c(n2)sc2cc(OCCF)ccc23)c1. The molecule has 0 bridgehead atoms. The number of fused-ring (bicyclic) bond motifs is 6. The fourth-order valence-electron chi connectivity index (χ4n) is 6.44. The lowest BCUT2D eigenvalue weighted by molar-refractivity contribution is 0.102. The molecule has 0 amide bonds. The maximum atomic E-state index is 12.2. The number of Topliss-reactive ketones (excluding diaryl/α,β-unsaturated/α-hetero) is 1. The number of aromatic nitrogens is 5. The van der Waals surface area contributed by atoms with Gasteiger partial charge in [0, 0.05) is 29.3 Å². The number of thiazole rings is 4. The number of rotatable bonds is 11. The normalized spacial score (nSPS) is 10.1. The highest BCUT2D eigenvalue weighted by atomic mass is 79.9. The third-order valence-electron chi connectivity index (χ3n) is 9.64. The van der Waals surface area contributed by atoms with Gasteiger partial charge in [-0.15, -0.1) is 17.0 Å². The molecule has 5 aromatic heterocycles. The van der Waals surface area contributed by atoms with E-state index in [2.05, 4.69) is 51.8 Å². The van der Waals surface area contributed by atoms with E-state index in [0.717, 1.165) is 62.8 Å². The van der Waals surface area contributed by atoms with Crippen LogP contribution >= 0.6 is 94.2 Å². The number of hydrogen-bond acceptors (Lipinski definition) is 19. The topological polar surface area (TPSA) is 260 Å². The maximum Gasteiger partial charge on any atom is 0.195 e. The van der Waals surface area contributed by atoms with E-state index in [9.17, 15) is 23.1 Å². The third-order valence-corrected chi connectivity index (χ3v) is 14.0. The van der Waals surface area contributed by atoms with Gasteiger partial charge in [-0.1, -0.05) is 109 Å². The van der Waals surface area contributed by atoms with Crippen LogP contribution in [0, 0.1) is 0 Å². The standard InChI is InChI=1S/C17H13FN2O2S.C9H9FN2OS.C8H7BrO2.C8H8N2OS.C7H6N2OS.C2H4BrF.C2H6O.CH4.BrH/c18-6-7-22-13-4-5-15-16(9-13)23-17-19-14(10-20(15)17)11-2-1-3-12(21)8-11;10-3-4-13-6-1-2-7-8(5-6)14-9(11)12-7;9-5-8(11)6-2-1-3-7(10)4-6;1-11-5-2-3-6-7(4-5)12-8(9)10-6;8-7-9-5-2-1-4(10)3-6(5)11-7;3-1-2-4;1-2-3;;/h1-5,8-10,21H,6-7H2;1-2,5H,3-4H2,(H2,11,12);1-4,10H,5H2;2-4H,1H3,(H2,9,10);1-3,10H,(H2,8,9);1-2H2;3H,2H2,1H3;1H4;1H. The number of nitrogen functional groups attached to an aromatic ring is 3. The fourth-order valence-corrected chi connectivity index (χ4v) is 10.1. The van der Waals surface area contributed by atoms with Gasteiger partial charge in [0.1, 0.15) is 61.1 Å². The number of aromatic hydroxyl groups is 3. The Labute approximate surface area is 502 Å². The first kappa shape index (κ1) is 67.8. The van der Waals surface area contributed by atoms with Gasteiger partial charge in [0.15, 0.2) is 26.1 Å². The van der Waals surface area contributed by atoms with E-state index in [0.29, 0.717) is 37.8 Å². The molecule has 26 heteroatoms. The molecule has 0 radical (unpaired) electrons. The van der Waals surface area contributed by atoms with Crippen molar-refractivity contribution in [2.24, 2.45) is 0 Å². The number of alkyl halides is 5. The van der Waals surface area contributed by atoms with Crippen LogP contribution in [0.5, 0.6) is 34.5 Å². The van der Waals surface area contributed by atoms with Gasteiger partial charge in [-0.25, -0.2) is 28.7 Å². The van der Waals surface area contributed by atoms with Crippen molar-refractivity contribution in [2.45, 2.75) is 14.4 Å². The first-order valence-electron chi connectivity index (χ1n) is 23.1. The molecule has 0 spiro atoms. The van der Waals surface area contributed by atoms with Crippen LogP contribution in [-0.4, -0.2) is 108 Å². The van der Waals surface area contributed by atoms with E-state index < -0.39 is 13.3 Å². The molecule has 0 atom stereocenters. The number of nitrogens with two attached hydrogens (primary N) is 3. The molecule has 6 aromatic carbocycles. The number of benzene rings is 6. The molecule has 11 rings (SSSR count). The van der Waals surface area contributed by atoms with Crippen LogP contribution in [0.3, 0.4) is 0 Å². The lowest BCUT2D eigenvalue weighted by Crippen LogP contribution is -1.98. The first-order chi connectivity index (χ1) is 37.6. The number of carbonyl (C=O) groups is 1. The van der Waals surface area contributed by atoms with Crippen molar-refractivity contribution in [1.82, 2.24) is 24.3 Å². The Balaban J connectivity index is 0.000000261. The van der Waals surface area contributed by atoms with Gasteiger partial charge in [0.05, 0.1) is 65.7 Å². The van der Waals surface area contributed by atoms with Crippen molar-refractivity contribution in [3.63, 3.8) is 0 Å². The number of ether oxygens (including phenoxy) is 3. The van der Waals surface area contributed by atoms with Gasteiger partial charge in [-0.05, 0) is 104 Å². The number of aliphatic hydroxyl groups excluding tert-OH is 1. The van der Waals surface area contributed by atoms with Gasteiger partial charge in [0.25, 0.3) is 0 Å². The monoisotopic (exact) mass is 1370 g/mol. The number of nitrogens with zero attached hydrogens (tertiary/aromatic N) is 5. The molecule has 0 aliphatic carbocycles. The number of methoxy groups -OCH3 is 1. The molecule has 10 N–H and O–H groups in total. The number of carbonyl (C=O) groups excluding carboxylic acids is 1. The highest BCUT2D eigenvalue weighted by molar-refractivity contribution is 9.09. The van der Waals surface area contributed by atoms with Crippen molar-refractivity contribution in [3.8, 4) is 45.8 Å². The average Bonchev–Trinajstić information content (AvgIpc) is 4.32. The van der Waals surface area contributed by atoms with Gasteiger partial charge in [0.2, 0.25) is 0 Å². The average molecular weight is 1370 g/mol. The van der Waals surface area contributed by atoms with Crippen molar-refractivity contribution in [2.75, 3.05) is 74.8 Å². The second kappa shape index (κ2) is 35.3. The predicted molar refractivity (Wildman–Crippen MR) is 337 cm³/mol. The molecule has 0 saturated carbocycles. The molecule has 11 aromatic rings. The van der Waals surface area contributed by atoms with Crippen LogP contribution in [-0.2, 0) is 0 Å². The van der Waals surface area contributed by atoms with E-state index in [-0.39, 0.29) is 79.3 Å². The lowest BCUT2D eigenvalue weighted by atomic mass is 10.1. The minimum absolute atomic E-state index is 0. The summed E-state index contributed by atoms with van der Waals surface area (Å²) in [5.74, 6) is 2.72. The number of halogens is 6. The Morgan fingerprint density at radius 1 is 0.613 bits per heavy atom. The number of ketones is 1. The lowest BCUT2D eigenvalue weighted by Gasteiger charge is -2.02. The van der Waals surface area contributed by atoms with Crippen molar-refractivity contribution < 1.29 is 52.6 Å². The quantitative estimate of drug-likeness (QED) is 0.0469. The van der Waals surface area contributed by atoms with Gasteiger partial charge >= 0.3 is 0 Å². The Hall–Kier alpha value is -6.52. The molecule has 428 valence electrons. The summed E-state index contributed by atoms with van der Waals surface area (Å²) in [4.78, 5) is 28.8. The summed E-state index contributed by atoms with van der Waals surface area (Å²) in [5, 5.41) is 37.6. The summed E-state index contributed by atoms with van der Waals surface area (Å²) in [6.07, 6.45) is 1.95. The van der Waals surface area contributed by atoms with Crippen LogP contribution in [0.1, 0.15) is 24.7 Å². The number of aliphatic hydroxyl groups is 1. The molecule has 80 heavy (non-hydrogen) atoms. The minimum Gasteiger partial charge on any atom is -0.508 e. The van der Waals surface area contributed by atoms with E-state index in [4.69, 9.17) is 46.7 Å². The van der Waals surface area contributed by atoms with Crippen molar-refractivity contribution in [3.05, 3.63) is 133 Å². The predicted octanol–water partition coefficient (Wildman–Crippen LogP) is 14.5. The third kappa shape index (κ3) is 20.9. The Kier molecular flexibility index (Phi) is 29.9. The smallest absolute Gasteiger partial charge is 0.195 e. The molecule has 0 aliphatic rings. The summed E-state index contributed by atoms with van der Waals surface area (Å²) in [6, 6.07) is 35.1. The zero-order valence-electron chi connectivity index (χ0n) is 42.1. The second-order valence-corrected chi connectivity index (χ2v) is 20.8. The Morgan fingerprint density at radius 3 is 1.57 bits per heavy atom. The number of phenols is 3. The summed E-state index contributed by atoms with van der Waals surface area (Å²) in [7, 11) is 1.64. The molecule has 0 aliphatic heterocycles. The Morgan fingerprint density at radius 2 is 1.07 bits per heavy atom. The summed E-state index contributed by atoms with van der Waals surface area (Å²) < 4.78 is 56.2. The van der Waals surface area contributed by atoms with Crippen molar-refractivity contribution >= 4 is 161 Å². The van der Waals surface area contributed by atoms with Crippen LogP contribution in [0.4, 0.5) is 28.6 Å². The maximum absolute atomic E-state index is 12.2. The number of hydrogen-bond donors (Lipinski definition) is 7. The largest absolute Gasteiger partial charge is 0.508 e. The van der Waals surface area contributed by atoms with E-state index in [1.54, 1.807) is 80.0 Å². The highest BCUT2D eigenvalue weighted by Crippen LogP contribution is 2.33. The van der Waals surface area contributed by atoms with Gasteiger partial charge in [-0.2, -0.15) is 0 Å². The number of imidazole rings is 1. The van der Waals surface area contributed by atoms with Gasteiger partial charge in [-0.3, -0.25) is 13.6 Å². The van der Waals surface area contributed by atoms with Crippen LogP contribution in [0.2, 0.25) is 0 Å². The zero-order chi connectivity index (χ0) is 56.6. The van der Waals surface area contributed by atoms with E-state index >= 15 is 0 Å². The minimum atomic E-state index is -0.501. The number of anilines is 3. The van der Waals surface area contributed by atoms with Gasteiger partial charge < -0.3 is 51.8 Å². The summed E-state index contributed by atoms with van der Waals surface area (Å²) in [5.41, 5.74) is 22.4. The number of phenolic OH excluding ortho intramolecular Hbond substituents is 3.